The molecule has 1 aromatic heterocycles. The van der Waals surface area contributed by atoms with E-state index in [-0.39, 0.29) is 6.04 Å². The Bertz CT molecular complexity index is 352. The molecule has 1 atom stereocenters. The Morgan fingerprint density at radius 3 is 2.78 bits per heavy atom. The fourth-order valence-electron chi connectivity index (χ4n) is 2.04. The number of rotatable bonds is 8. The van der Waals surface area contributed by atoms with Gasteiger partial charge in [0.05, 0.1) is 23.0 Å². The van der Waals surface area contributed by atoms with Gasteiger partial charge in [-0.2, -0.15) is 5.10 Å². The predicted octanol–water partition coefficient (Wildman–Crippen LogP) is 3.19. The van der Waals surface area contributed by atoms with Crippen molar-refractivity contribution in [2.24, 2.45) is 0 Å². The van der Waals surface area contributed by atoms with Crippen molar-refractivity contribution in [2.45, 2.75) is 45.7 Å². The molecule has 0 aliphatic rings. The first kappa shape index (κ1) is 15.5. The van der Waals surface area contributed by atoms with Crippen LogP contribution in [0.25, 0.3) is 0 Å². The molecule has 0 aliphatic heterocycles. The third-order valence-corrected chi connectivity index (χ3v) is 3.23. The van der Waals surface area contributed by atoms with E-state index in [0.29, 0.717) is 6.04 Å². The summed E-state index contributed by atoms with van der Waals surface area (Å²) in [5.41, 5.74) is 1.07. The van der Waals surface area contributed by atoms with Crippen molar-refractivity contribution < 1.29 is 4.74 Å². The monoisotopic (exact) mass is 273 g/mol. The van der Waals surface area contributed by atoms with Crippen LogP contribution in [0.1, 0.15) is 51.4 Å². The Morgan fingerprint density at radius 2 is 2.22 bits per heavy atom. The molecule has 18 heavy (non-hydrogen) atoms. The highest BCUT2D eigenvalue weighted by atomic mass is 35.5. The standard InChI is InChI=1S/C13H24ClN3O/c1-5-18-8-6-7-12(15-4)13-11(14)9-16-17(13)10(2)3/h9-10,12,15H,5-8H2,1-4H3. The van der Waals surface area contributed by atoms with Crippen LogP contribution in [0, 0.1) is 0 Å². The molecule has 5 heteroatoms. The van der Waals surface area contributed by atoms with Crippen molar-refractivity contribution in [3.8, 4) is 0 Å². The quantitative estimate of drug-likeness (QED) is 0.740. The van der Waals surface area contributed by atoms with E-state index in [0.717, 1.165) is 36.8 Å². The van der Waals surface area contributed by atoms with Crippen molar-refractivity contribution >= 4 is 11.6 Å². The highest BCUT2D eigenvalue weighted by Crippen LogP contribution is 2.28. The van der Waals surface area contributed by atoms with Gasteiger partial charge in [0.15, 0.2) is 0 Å². The van der Waals surface area contributed by atoms with E-state index in [1.165, 1.54) is 0 Å². The van der Waals surface area contributed by atoms with E-state index in [9.17, 15) is 0 Å². The molecule has 0 fully saturated rings. The van der Waals surface area contributed by atoms with Crippen LogP contribution in [-0.2, 0) is 4.74 Å². The van der Waals surface area contributed by atoms with E-state index < -0.39 is 0 Å². The summed E-state index contributed by atoms with van der Waals surface area (Å²) in [6.45, 7) is 7.80. The Hall–Kier alpha value is -0.580. The van der Waals surface area contributed by atoms with Crippen molar-refractivity contribution in [3.63, 3.8) is 0 Å². The van der Waals surface area contributed by atoms with Crippen LogP contribution in [0.2, 0.25) is 5.02 Å². The zero-order chi connectivity index (χ0) is 13.5. The first-order valence-corrected chi connectivity index (χ1v) is 6.97. The molecule has 1 unspecified atom stereocenters. The van der Waals surface area contributed by atoms with E-state index in [4.69, 9.17) is 16.3 Å². The first-order valence-electron chi connectivity index (χ1n) is 6.59. The van der Waals surface area contributed by atoms with Crippen LogP contribution in [0.3, 0.4) is 0 Å². The highest BCUT2D eigenvalue weighted by molar-refractivity contribution is 6.31. The molecule has 1 aromatic rings. The third kappa shape index (κ3) is 3.97. The number of halogens is 1. The van der Waals surface area contributed by atoms with Gasteiger partial charge < -0.3 is 10.1 Å². The average Bonchev–Trinajstić information content (AvgIpc) is 2.72. The van der Waals surface area contributed by atoms with Gasteiger partial charge in [-0.1, -0.05) is 11.6 Å². The maximum atomic E-state index is 6.25. The number of ether oxygens (including phenoxy) is 1. The van der Waals surface area contributed by atoms with Gasteiger partial charge >= 0.3 is 0 Å². The van der Waals surface area contributed by atoms with Crippen molar-refractivity contribution in [1.82, 2.24) is 15.1 Å². The second-order valence-corrected chi connectivity index (χ2v) is 5.00. The van der Waals surface area contributed by atoms with Crippen LogP contribution in [-0.4, -0.2) is 30.0 Å². The molecule has 0 amide bonds. The number of hydrogen-bond donors (Lipinski definition) is 1. The van der Waals surface area contributed by atoms with E-state index in [2.05, 4.69) is 24.3 Å². The van der Waals surface area contributed by atoms with Gasteiger partial charge in [-0.3, -0.25) is 4.68 Å². The van der Waals surface area contributed by atoms with Gasteiger partial charge in [0, 0.05) is 19.3 Å². The van der Waals surface area contributed by atoms with Gasteiger partial charge in [0.1, 0.15) is 0 Å². The Morgan fingerprint density at radius 1 is 1.50 bits per heavy atom. The van der Waals surface area contributed by atoms with Gasteiger partial charge in [0.2, 0.25) is 0 Å². The SMILES string of the molecule is CCOCCCC(NC)c1c(Cl)cnn1C(C)C. The number of nitrogens with one attached hydrogen (secondary N) is 1. The molecule has 1 heterocycles. The molecule has 0 radical (unpaired) electrons. The van der Waals surface area contributed by atoms with Gasteiger partial charge in [-0.15, -0.1) is 0 Å². The predicted molar refractivity (Wildman–Crippen MR) is 75.1 cm³/mol. The van der Waals surface area contributed by atoms with E-state index in [1.807, 2.05) is 18.7 Å². The summed E-state index contributed by atoms with van der Waals surface area (Å²) in [5, 5.41) is 8.39. The van der Waals surface area contributed by atoms with Crippen molar-refractivity contribution in [1.29, 1.82) is 0 Å². The minimum atomic E-state index is 0.225. The molecule has 1 N–H and O–H groups in total. The normalized spacial score (nSPS) is 13.2. The lowest BCUT2D eigenvalue weighted by Crippen LogP contribution is -2.22. The van der Waals surface area contributed by atoms with Gasteiger partial charge in [-0.05, 0) is 40.7 Å². The molecule has 0 aromatic carbocycles. The minimum absolute atomic E-state index is 0.225. The van der Waals surface area contributed by atoms with Crippen LogP contribution in [0.15, 0.2) is 6.20 Å². The summed E-state index contributed by atoms with van der Waals surface area (Å²) in [4.78, 5) is 0. The van der Waals surface area contributed by atoms with Crippen LogP contribution in [0.5, 0.6) is 0 Å². The van der Waals surface area contributed by atoms with Gasteiger partial charge in [-0.25, -0.2) is 0 Å². The summed E-state index contributed by atoms with van der Waals surface area (Å²) in [5.74, 6) is 0. The average molecular weight is 274 g/mol. The van der Waals surface area contributed by atoms with E-state index >= 15 is 0 Å². The molecule has 0 saturated carbocycles. The number of nitrogens with zero attached hydrogens (tertiary/aromatic N) is 2. The fraction of sp³-hybridized carbons (Fsp3) is 0.769. The Balaban J connectivity index is 2.72. The Labute approximate surface area is 115 Å². The maximum absolute atomic E-state index is 6.25. The third-order valence-electron chi connectivity index (χ3n) is 2.94. The van der Waals surface area contributed by atoms with Crippen LogP contribution in [0.4, 0.5) is 0 Å². The lowest BCUT2D eigenvalue weighted by atomic mass is 10.1. The number of aromatic nitrogens is 2. The second kappa shape index (κ2) is 7.77. The van der Waals surface area contributed by atoms with E-state index in [1.54, 1.807) is 6.20 Å². The summed E-state index contributed by atoms with van der Waals surface area (Å²) in [6, 6.07) is 0.540. The molecule has 0 bridgehead atoms. The summed E-state index contributed by atoms with van der Waals surface area (Å²) in [6.07, 6.45) is 3.73. The molecule has 0 aliphatic carbocycles. The molecular formula is C13H24ClN3O. The minimum Gasteiger partial charge on any atom is -0.382 e. The Kier molecular flexibility index (Phi) is 6.68. The largest absolute Gasteiger partial charge is 0.382 e. The topological polar surface area (TPSA) is 39.1 Å². The van der Waals surface area contributed by atoms with Crippen molar-refractivity contribution in [2.75, 3.05) is 20.3 Å². The summed E-state index contributed by atoms with van der Waals surface area (Å²) in [7, 11) is 1.96. The zero-order valence-corrected chi connectivity index (χ0v) is 12.5. The second-order valence-electron chi connectivity index (χ2n) is 4.60. The van der Waals surface area contributed by atoms with Crippen LogP contribution < -0.4 is 5.32 Å². The molecule has 104 valence electrons. The lowest BCUT2D eigenvalue weighted by molar-refractivity contribution is 0.140. The molecule has 0 spiro atoms. The molecule has 1 rings (SSSR count). The summed E-state index contributed by atoms with van der Waals surface area (Å²) >= 11 is 6.25. The molecule has 4 nitrogen and oxygen atoms in total. The van der Waals surface area contributed by atoms with Gasteiger partial charge in [0.25, 0.3) is 0 Å². The summed E-state index contributed by atoms with van der Waals surface area (Å²) < 4.78 is 7.36. The fourth-order valence-corrected chi connectivity index (χ4v) is 2.30. The van der Waals surface area contributed by atoms with Crippen molar-refractivity contribution in [3.05, 3.63) is 16.9 Å². The maximum Gasteiger partial charge on any atom is 0.0834 e. The molecule has 0 saturated heterocycles. The highest BCUT2D eigenvalue weighted by Gasteiger charge is 2.19. The van der Waals surface area contributed by atoms with Crippen LogP contribution >= 0.6 is 11.6 Å². The first-order chi connectivity index (χ1) is 8.61. The smallest absolute Gasteiger partial charge is 0.0834 e. The lowest BCUT2D eigenvalue weighted by Gasteiger charge is -2.20. The zero-order valence-electron chi connectivity index (χ0n) is 11.7. The molecular weight excluding hydrogens is 250 g/mol. The number of hydrogen-bond acceptors (Lipinski definition) is 3.